The first-order valence-electron chi connectivity index (χ1n) is 4.69. The number of hydrogen-bond acceptors (Lipinski definition) is 3. The van der Waals surface area contributed by atoms with Crippen LogP contribution in [0.25, 0.3) is 11.0 Å². The molecule has 2 aromatic rings. The third-order valence-electron chi connectivity index (χ3n) is 2.20. The van der Waals surface area contributed by atoms with Gasteiger partial charge in [-0.05, 0) is 24.6 Å². The zero-order chi connectivity index (χ0) is 10.8. The predicted molar refractivity (Wildman–Crippen MR) is 55.9 cm³/mol. The van der Waals surface area contributed by atoms with Crippen molar-refractivity contribution in [3.8, 4) is 0 Å². The van der Waals surface area contributed by atoms with Crippen LogP contribution >= 0.6 is 0 Å². The normalized spacial score (nSPS) is 10.5. The summed E-state index contributed by atoms with van der Waals surface area (Å²) in [7, 11) is 0. The molecule has 0 unspecified atom stereocenters. The Morgan fingerprint density at radius 2 is 2.20 bits per heavy atom. The summed E-state index contributed by atoms with van der Waals surface area (Å²) < 4.78 is 0. The molecule has 1 heterocycles. The number of carboxylic acids is 1. The van der Waals surface area contributed by atoms with E-state index in [0.717, 1.165) is 17.6 Å². The molecule has 1 aromatic heterocycles. The van der Waals surface area contributed by atoms with Crippen molar-refractivity contribution in [2.75, 3.05) is 0 Å². The van der Waals surface area contributed by atoms with Gasteiger partial charge in [0.2, 0.25) is 0 Å². The van der Waals surface area contributed by atoms with Gasteiger partial charge in [-0.25, -0.2) is 9.78 Å². The first kappa shape index (κ1) is 9.58. The van der Waals surface area contributed by atoms with Gasteiger partial charge in [0.25, 0.3) is 0 Å². The summed E-state index contributed by atoms with van der Waals surface area (Å²) in [6, 6.07) is 4.76. The first-order valence-corrected chi connectivity index (χ1v) is 4.69. The lowest BCUT2D eigenvalue weighted by Crippen LogP contribution is -1.97. The van der Waals surface area contributed by atoms with Gasteiger partial charge in [-0.2, -0.15) is 0 Å². The lowest BCUT2D eigenvalue weighted by Gasteiger charge is -2.00. The Kier molecular flexibility index (Phi) is 2.33. The van der Waals surface area contributed by atoms with Gasteiger partial charge in [0.15, 0.2) is 0 Å². The fourth-order valence-electron chi connectivity index (χ4n) is 1.35. The van der Waals surface area contributed by atoms with E-state index in [1.54, 1.807) is 18.3 Å². The Bertz CT molecular complexity index is 523. The Labute approximate surface area is 86.6 Å². The molecule has 0 saturated heterocycles. The van der Waals surface area contributed by atoms with Gasteiger partial charge >= 0.3 is 5.97 Å². The molecule has 0 saturated carbocycles. The lowest BCUT2D eigenvalue weighted by atomic mass is 10.2. The van der Waals surface area contributed by atoms with E-state index in [9.17, 15) is 4.79 Å². The molecule has 2 rings (SSSR count). The number of benzene rings is 1. The number of carboxylic acid groups (broad SMARTS) is 1. The first-order chi connectivity index (χ1) is 7.20. The van der Waals surface area contributed by atoms with Crippen molar-refractivity contribution in [3.63, 3.8) is 0 Å². The van der Waals surface area contributed by atoms with E-state index in [1.165, 1.54) is 6.07 Å². The number of carbonyl (C=O) groups is 1. The predicted octanol–water partition coefficient (Wildman–Crippen LogP) is 1.89. The molecule has 0 amide bonds. The minimum atomic E-state index is -0.946. The van der Waals surface area contributed by atoms with Crippen molar-refractivity contribution in [2.45, 2.75) is 13.3 Å². The molecule has 0 aliphatic rings. The number of fused-ring (bicyclic) bond motifs is 1. The highest BCUT2D eigenvalue weighted by Gasteiger charge is 2.05. The molecule has 4 heteroatoms. The van der Waals surface area contributed by atoms with Crippen molar-refractivity contribution in [1.29, 1.82) is 0 Å². The Balaban J connectivity index is 2.59. The maximum atomic E-state index is 10.7. The van der Waals surface area contributed by atoms with Crippen LogP contribution in [0.3, 0.4) is 0 Å². The van der Waals surface area contributed by atoms with Crippen LogP contribution in [-0.4, -0.2) is 21.0 Å². The summed E-state index contributed by atoms with van der Waals surface area (Å²) in [4.78, 5) is 19.2. The second kappa shape index (κ2) is 3.65. The maximum absolute atomic E-state index is 10.7. The molecule has 0 atom stereocenters. The molecule has 15 heavy (non-hydrogen) atoms. The smallest absolute Gasteiger partial charge is 0.335 e. The Morgan fingerprint density at radius 1 is 1.40 bits per heavy atom. The Hall–Kier alpha value is -1.97. The number of nitrogens with zero attached hydrogens (tertiary/aromatic N) is 2. The van der Waals surface area contributed by atoms with Gasteiger partial charge in [0, 0.05) is 6.20 Å². The van der Waals surface area contributed by atoms with Crippen molar-refractivity contribution in [3.05, 3.63) is 35.7 Å². The van der Waals surface area contributed by atoms with Crippen LogP contribution in [0.5, 0.6) is 0 Å². The number of hydrogen-bond donors (Lipinski definition) is 1. The van der Waals surface area contributed by atoms with Crippen molar-refractivity contribution in [2.24, 2.45) is 0 Å². The van der Waals surface area contributed by atoms with Crippen LogP contribution in [-0.2, 0) is 6.42 Å². The van der Waals surface area contributed by atoms with Crippen molar-refractivity contribution in [1.82, 2.24) is 9.97 Å². The molecular formula is C11H10N2O2. The Morgan fingerprint density at radius 3 is 2.87 bits per heavy atom. The highest BCUT2D eigenvalue weighted by atomic mass is 16.4. The molecule has 76 valence electrons. The average molecular weight is 202 g/mol. The highest BCUT2D eigenvalue weighted by Crippen LogP contribution is 2.12. The van der Waals surface area contributed by atoms with Gasteiger partial charge in [-0.3, -0.25) is 4.98 Å². The van der Waals surface area contributed by atoms with Gasteiger partial charge in [-0.15, -0.1) is 0 Å². The third kappa shape index (κ3) is 1.79. The largest absolute Gasteiger partial charge is 0.478 e. The van der Waals surface area contributed by atoms with Crippen LogP contribution in [0.2, 0.25) is 0 Å². The molecule has 4 nitrogen and oxygen atoms in total. The summed E-state index contributed by atoms with van der Waals surface area (Å²) in [6.45, 7) is 2.00. The standard InChI is InChI=1S/C11H10N2O2/c1-2-8-6-12-10-5-7(11(14)15)3-4-9(10)13-8/h3-6H,2H2,1H3,(H,14,15). The average Bonchev–Trinajstić information content (AvgIpc) is 2.27. The molecule has 0 fully saturated rings. The molecule has 0 aliphatic heterocycles. The molecular weight excluding hydrogens is 192 g/mol. The number of rotatable bonds is 2. The second-order valence-electron chi connectivity index (χ2n) is 3.22. The van der Waals surface area contributed by atoms with Crippen LogP contribution in [0.1, 0.15) is 23.0 Å². The highest BCUT2D eigenvalue weighted by molar-refractivity contribution is 5.92. The zero-order valence-corrected chi connectivity index (χ0v) is 8.27. The topological polar surface area (TPSA) is 63.1 Å². The van der Waals surface area contributed by atoms with E-state index in [0.29, 0.717) is 5.52 Å². The lowest BCUT2D eigenvalue weighted by molar-refractivity contribution is 0.0697. The van der Waals surface area contributed by atoms with Crippen molar-refractivity contribution >= 4 is 17.0 Å². The van der Waals surface area contributed by atoms with Crippen LogP contribution in [0, 0.1) is 0 Å². The fraction of sp³-hybridized carbons (Fsp3) is 0.182. The summed E-state index contributed by atoms with van der Waals surface area (Å²) in [5.74, 6) is -0.946. The minimum Gasteiger partial charge on any atom is -0.478 e. The number of aromatic carboxylic acids is 1. The maximum Gasteiger partial charge on any atom is 0.335 e. The summed E-state index contributed by atoms with van der Waals surface area (Å²) in [6.07, 6.45) is 2.50. The van der Waals surface area contributed by atoms with Gasteiger partial charge in [0.05, 0.1) is 22.3 Å². The minimum absolute atomic E-state index is 0.237. The molecule has 0 bridgehead atoms. The van der Waals surface area contributed by atoms with E-state index >= 15 is 0 Å². The monoisotopic (exact) mass is 202 g/mol. The van der Waals surface area contributed by atoms with E-state index < -0.39 is 5.97 Å². The van der Waals surface area contributed by atoms with Gasteiger partial charge < -0.3 is 5.11 Å². The van der Waals surface area contributed by atoms with Gasteiger partial charge in [-0.1, -0.05) is 6.92 Å². The fourth-order valence-corrected chi connectivity index (χ4v) is 1.35. The summed E-state index contributed by atoms with van der Waals surface area (Å²) in [5.41, 5.74) is 2.50. The molecule has 1 aromatic carbocycles. The van der Waals surface area contributed by atoms with E-state index in [2.05, 4.69) is 9.97 Å². The number of aromatic nitrogens is 2. The van der Waals surface area contributed by atoms with Crippen LogP contribution < -0.4 is 0 Å². The zero-order valence-electron chi connectivity index (χ0n) is 8.27. The van der Waals surface area contributed by atoms with E-state index in [-0.39, 0.29) is 5.56 Å². The summed E-state index contributed by atoms with van der Waals surface area (Å²) in [5, 5.41) is 8.80. The number of aryl methyl sites for hydroxylation is 1. The quantitative estimate of drug-likeness (QED) is 0.807. The molecule has 1 N–H and O–H groups in total. The van der Waals surface area contributed by atoms with Crippen LogP contribution in [0.15, 0.2) is 24.4 Å². The van der Waals surface area contributed by atoms with Crippen LogP contribution in [0.4, 0.5) is 0 Å². The molecule has 0 aliphatic carbocycles. The van der Waals surface area contributed by atoms with Crippen molar-refractivity contribution < 1.29 is 9.90 Å². The SMILES string of the molecule is CCc1cnc2cc(C(=O)O)ccc2n1. The van der Waals surface area contributed by atoms with E-state index in [4.69, 9.17) is 5.11 Å². The second-order valence-corrected chi connectivity index (χ2v) is 3.22. The summed E-state index contributed by atoms with van der Waals surface area (Å²) >= 11 is 0. The third-order valence-corrected chi connectivity index (χ3v) is 2.20. The van der Waals surface area contributed by atoms with E-state index in [1.807, 2.05) is 6.92 Å². The van der Waals surface area contributed by atoms with Gasteiger partial charge in [0.1, 0.15) is 0 Å². The molecule has 0 radical (unpaired) electrons. The molecule has 0 spiro atoms.